The van der Waals surface area contributed by atoms with Crippen LogP contribution in [0.4, 0.5) is 0 Å². The molecule has 1 aliphatic heterocycles. The second-order valence-corrected chi connectivity index (χ2v) is 6.85. The lowest BCUT2D eigenvalue weighted by Gasteiger charge is -2.40. The predicted octanol–water partition coefficient (Wildman–Crippen LogP) is 0.0201. The van der Waals surface area contributed by atoms with Gasteiger partial charge in [-0.25, -0.2) is 13.1 Å². The summed E-state index contributed by atoms with van der Waals surface area (Å²) in [5.74, 6) is 0. The highest BCUT2D eigenvalue weighted by atomic mass is 32.2. The number of nitrogens with one attached hydrogen (secondary N) is 1. The quantitative estimate of drug-likeness (QED) is 0.709. The summed E-state index contributed by atoms with van der Waals surface area (Å²) >= 11 is 0. The van der Waals surface area contributed by atoms with Crippen LogP contribution in [0.2, 0.25) is 0 Å². The maximum absolute atomic E-state index is 10.9. The molecule has 0 radical (unpaired) electrons. The van der Waals surface area contributed by atoms with Crippen LogP contribution in [0.3, 0.4) is 0 Å². The van der Waals surface area contributed by atoms with E-state index in [2.05, 4.69) is 16.5 Å². The number of hydrogen-bond acceptors (Lipinski definition) is 4. The van der Waals surface area contributed by atoms with Gasteiger partial charge in [-0.2, -0.15) is 0 Å². The molecule has 102 valence electrons. The third-order valence-electron chi connectivity index (χ3n) is 3.79. The van der Waals surface area contributed by atoms with E-state index >= 15 is 0 Å². The van der Waals surface area contributed by atoms with Crippen LogP contribution in [0.5, 0.6) is 0 Å². The molecule has 0 atom stereocenters. The number of sulfonamides is 1. The zero-order valence-corrected chi connectivity index (χ0v) is 11.6. The minimum absolute atomic E-state index is 0.0980. The number of hydrogen-bond donors (Lipinski definition) is 2. The normalized spacial score (nSPS) is 21.6. The highest BCUT2D eigenvalue weighted by Crippen LogP contribution is 2.33. The van der Waals surface area contributed by atoms with Gasteiger partial charge in [0.1, 0.15) is 0 Å². The lowest BCUT2D eigenvalue weighted by atomic mass is 9.77. The zero-order chi connectivity index (χ0) is 12.9. The molecule has 5 nitrogen and oxygen atoms in total. The molecule has 0 bridgehead atoms. The SMILES string of the molecule is CCC1(CO)CCN(CCNS(C)(=O)=O)CC1. The third kappa shape index (κ3) is 4.91. The van der Waals surface area contributed by atoms with Crippen molar-refractivity contribution < 1.29 is 13.5 Å². The van der Waals surface area contributed by atoms with Crippen molar-refractivity contribution in [2.75, 3.05) is 39.0 Å². The second-order valence-electron chi connectivity index (χ2n) is 5.02. The maximum Gasteiger partial charge on any atom is 0.208 e. The molecule has 1 aliphatic rings. The van der Waals surface area contributed by atoms with Crippen LogP contribution >= 0.6 is 0 Å². The molecule has 0 amide bonds. The molecule has 17 heavy (non-hydrogen) atoms. The molecule has 0 unspecified atom stereocenters. The van der Waals surface area contributed by atoms with Crippen LogP contribution in [0.1, 0.15) is 26.2 Å². The number of nitrogens with zero attached hydrogens (tertiary/aromatic N) is 1. The number of likely N-dealkylation sites (tertiary alicyclic amines) is 1. The summed E-state index contributed by atoms with van der Waals surface area (Å²) in [7, 11) is -3.07. The zero-order valence-electron chi connectivity index (χ0n) is 10.8. The fourth-order valence-electron chi connectivity index (χ4n) is 2.26. The highest BCUT2D eigenvalue weighted by Gasteiger charge is 2.31. The molecule has 6 heteroatoms. The Morgan fingerprint density at radius 2 is 1.94 bits per heavy atom. The van der Waals surface area contributed by atoms with Crippen molar-refractivity contribution in [2.24, 2.45) is 5.41 Å². The summed E-state index contributed by atoms with van der Waals surface area (Å²) in [6.45, 7) is 5.49. The average molecular weight is 264 g/mol. The maximum atomic E-state index is 10.9. The summed E-state index contributed by atoms with van der Waals surface area (Å²) in [6, 6.07) is 0. The molecule has 1 fully saturated rings. The fourth-order valence-corrected chi connectivity index (χ4v) is 2.73. The van der Waals surface area contributed by atoms with E-state index in [0.29, 0.717) is 6.54 Å². The van der Waals surface area contributed by atoms with E-state index in [1.54, 1.807) is 0 Å². The third-order valence-corrected chi connectivity index (χ3v) is 4.52. The van der Waals surface area contributed by atoms with Gasteiger partial charge in [-0.15, -0.1) is 0 Å². The van der Waals surface area contributed by atoms with E-state index < -0.39 is 10.0 Å². The van der Waals surface area contributed by atoms with E-state index in [1.807, 2.05) is 0 Å². The van der Waals surface area contributed by atoms with Crippen LogP contribution in [0, 0.1) is 5.41 Å². The summed E-state index contributed by atoms with van der Waals surface area (Å²) in [5, 5.41) is 9.40. The number of piperidine rings is 1. The number of aliphatic hydroxyl groups excluding tert-OH is 1. The Bertz CT molecular complexity index is 316. The summed E-state index contributed by atoms with van der Waals surface area (Å²) in [4.78, 5) is 2.25. The monoisotopic (exact) mass is 264 g/mol. The minimum atomic E-state index is -3.07. The first kappa shape index (κ1) is 14.9. The van der Waals surface area contributed by atoms with Crippen molar-refractivity contribution in [1.29, 1.82) is 0 Å². The van der Waals surface area contributed by atoms with Crippen LogP contribution in [-0.4, -0.2) is 57.5 Å². The van der Waals surface area contributed by atoms with Gasteiger partial charge < -0.3 is 10.0 Å². The Kier molecular flexibility index (Phi) is 5.37. The van der Waals surface area contributed by atoms with E-state index in [-0.39, 0.29) is 12.0 Å². The molecule has 0 aromatic rings. The fraction of sp³-hybridized carbons (Fsp3) is 1.00. The molecule has 0 saturated carbocycles. The summed E-state index contributed by atoms with van der Waals surface area (Å²) in [5.41, 5.74) is 0.0980. The first-order chi connectivity index (χ1) is 7.91. The van der Waals surface area contributed by atoms with Gasteiger partial charge in [0.15, 0.2) is 0 Å². The van der Waals surface area contributed by atoms with Gasteiger partial charge in [0, 0.05) is 19.7 Å². The minimum Gasteiger partial charge on any atom is -0.396 e. The van der Waals surface area contributed by atoms with Gasteiger partial charge in [0.2, 0.25) is 10.0 Å². The smallest absolute Gasteiger partial charge is 0.208 e. The first-order valence-corrected chi connectivity index (χ1v) is 8.08. The van der Waals surface area contributed by atoms with Crippen molar-refractivity contribution in [3.05, 3.63) is 0 Å². The summed E-state index contributed by atoms with van der Waals surface area (Å²) < 4.78 is 24.3. The standard InChI is InChI=1S/C11H24N2O3S/c1-3-11(10-14)4-7-13(8-5-11)9-6-12-17(2,15)16/h12,14H,3-10H2,1-2H3. The van der Waals surface area contributed by atoms with Crippen molar-refractivity contribution >= 4 is 10.0 Å². The molecule has 0 aliphatic carbocycles. The number of rotatable bonds is 6. The Morgan fingerprint density at radius 1 is 1.35 bits per heavy atom. The Labute approximate surface area is 104 Å². The average Bonchev–Trinajstić information content (AvgIpc) is 2.29. The Balaban J connectivity index is 2.28. The van der Waals surface area contributed by atoms with Crippen molar-refractivity contribution in [1.82, 2.24) is 9.62 Å². The van der Waals surface area contributed by atoms with Crippen LogP contribution < -0.4 is 4.72 Å². The van der Waals surface area contributed by atoms with Crippen molar-refractivity contribution in [2.45, 2.75) is 26.2 Å². The molecular formula is C11H24N2O3S. The topological polar surface area (TPSA) is 69.6 Å². The molecular weight excluding hydrogens is 240 g/mol. The highest BCUT2D eigenvalue weighted by molar-refractivity contribution is 7.88. The lowest BCUT2D eigenvalue weighted by molar-refractivity contribution is 0.0418. The summed E-state index contributed by atoms with van der Waals surface area (Å²) in [6.07, 6.45) is 4.19. The van der Waals surface area contributed by atoms with E-state index in [4.69, 9.17) is 0 Å². The molecule has 1 heterocycles. The Hall–Kier alpha value is -0.170. The van der Waals surface area contributed by atoms with Gasteiger partial charge in [-0.05, 0) is 37.8 Å². The van der Waals surface area contributed by atoms with Crippen LogP contribution in [-0.2, 0) is 10.0 Å². The van der Waals surface area contributed by atoms with Crippen LogP contribution in [0.25, 0.3) is 0 Å². The lowest BCUT2D eigenvalue weighted by Crippen LogP contribution is -2.44. The molecule has 1 saturated heterocycles. The molecule has 0 aromatic heterocycles. The second kappa shape index (κ2) is 6.13. The first-order valence-electron chi connectivity index (χ1n) is 6.19. The van der Waals surface area contributed by atoms with Gasteiger partial charge in [-0.3, -0.25) is 0 Å². The van der Waals surface area contributed by atoms with Gasteiger partial charge in [0.25, 0.3) is 0 Å². The molecule has 0 spiro atoms. The van der Waals surface area contributed by atoms with Crippen molar-refractivity contribution in [3.8, 4) is 0 Å². The van der Waals surface area contributed by atoms with Gasteiger partial charge >= 0.3 is 0 Å². The molecule has 1 rings (SSSR count). The predicted molar refractivity (Wildman–Crippen MR) is 68.3 cm³/mol. The largest absolute Gasteiger partial charge is 0.396 e. The van der Waals surface area contributed by atoms with Gasteiger partial charge in [0.05, 0.1) is 6.26 Å². The van der Waals surface area contributed by atoms with E-state index in [9.17, 15) is 13.5 Å². The van der Waals surface area contributed by atoms with E-state index in [0.717, 1.165) is 38.9 Å². The molecule has 0 aromatic carbocycles. The van der Waals surface area contributed by atoms with E-state index in [1.165, 1.54) is 6.26 Å². The van der Waals surface area contributed by atoms with Crippen molar-refractivity contribution in [3.63, 3.8) is 0 Å². The Morgan fingerprint density at radius 3 is 2.35 bits per heavy atom. The number of aliphatic hydroxyl groups is 1. The van der Waals surface area contributed by atoms with Crippen LogP contribution in [0.15, 0.2) is 0 Å². The van der Waals surface area contributed by atoms with Gasteiger partial charge in [-0.1, -0.05) is 6.92 Å². The molecule has 2 N–H and O–H groups in total.